The number of hydrogen-bond donors (Lipinski definition) is 2. The fourth-order valence-corrected chi connectivity index (χ4v) is 6.92. The van der Waals surface area contributed by atoms with Crippen LogP contribution in [0.25, 0.3) is 10.8 Å². The van der Waals surface area contributed by atoms with Crippen LogP contribution in [0.3, 0.4) is 0 Å². The summed E-state index contributed by atoms with van der Waals surface area (Å²) in [5.41, 5.74) is 11.6. The topological polar surface area (TPSA) is 80.4 Å². The molecule has 4 nitrogen and oxygen atoms in total. The van der Waals surface area contributed by atoms with Gasteiger partial charge < -0.3 is 10.8 Å². The highest BCUT2D eigenvalue weighted by Gasteiger charge is 2.55. The van der Waals surface area contributed by atoms with Gasteiger partial charge in [0.15, 0.2) is 0 Å². The Balaban J connectivity index is 1.46. The maximum atomic E-state index is 12.0. The van der Waals surface area contributed by atoms with Crippen molar-refractivity contribution < 1.29 is 14.7 Å². The van der Waals surface area contributed by atoms with E-state index in [1.165, 1.54) is 28.1 Å². The third kappa shape index (κ3) is 4.78. The first-order valence-corrected chi connectivity index (χ1v) is 13.4. The molecule has 2 fully saturated rings. The number of aliphatic carboxylic acids is 1. The first-order valence-electron chi connectivity index (χ1n) is 12.5. The molecule has 0 amide bonds. The normalized spacial score (nSPS) is 24.4. The van der Waals surface area contributed by atoms with E-state index >= 15 is 0 Å². The molecule has 0 aliphatic heterocycles. The SMILES string of the molecule is Cc1cccc([C@]2(N)CC(C(=O)O)C2S/C=C(/C(=C\C=O)Cc2cccc3ccccc23)C2CC2)c1. The van der Waals surface area contributed by atoms with Gasteiger partial charge in [0, 0.05) is 5.25 Å². The Morgan fingerprint density at radius 3 is 2.58 bits per heavy atom. The maximum absolute atomic E-state index is 12.0. The fourth-order valence-electron chi connectivity index (χ4n) is 5.40. The highest BCUT2D eigenvalue weighted by Crippen LogP contribution is 2.52. The van der Waals surface area contributed by atoms with Crippen LogP contribution in [-0.2, 0) is 21.5 Å². The summed E-state index contributed by atoms with van der Waals surface area (Å²) >= 11 is 1.53. The second-order valence-corrected chi connectivity index (χ2v) is 11.1. The quantitative estimate of drug-likeness (QED) is 0.210. The number of aryl methyl sites for hydroxylation is 1. The van der Waals surface area contributed by atoms with E-state index in [9.17, 15) is 14.7 Å². The molecule has 0 spiro atoms. The molecular weight excluding hydrogens is 466 g/mol. The highest BCUT2D eigenvalue weighted by atomic mass is 32.2. The molecule has 184 valence electrons. The molecule has 3 N–H and O–H groups in total. The first kappa shape index (κ1) is 24.5. The molecule has 0 bridgehead atoms. The molecule has 2 unspecified atom stereocenters. The number of rotatable bonds is 9. The molecule has 2 aliphatic rings. The monoisotopic (exact) mass is 497 g/mol. The van der Waals surface area contributed by atoms with Gasteiger partial charge in [-0.3, -0.25) is 9.59 Å². The van der Waals surface area contributed by atoms with E-state index in [2.05, 4.69) is 41.8 Å². The Kier molecular flexibility index (Phi) is 6.87. The van der Waals surface area contributed by atoms with E-state index in [1.807, 2.05) is 37.3 Å². The number of benzene rings is 3. The van der Waals surface area contributed by atoms with E-state index in [4.69, 9.17) is 5.73 Å². The molecule has 0 aromatic heterocycles. The smallest absolute Gasteiger partial charge is 0.307 e. The molecule has 2 saturated carbocycles. The third-order valence-electron chi connectivity index (χ3n) is 7.56. The van der Waals surface area contributed by atoms with Gasteiger partial charge in [0.05, 0.1) is 11.5 Å². The summed E-state index contributed by atoms with van der Waals surface area (Å²) in [5.74, 6) is -0.913. The van der Waals surface area contributed by atoms with Gasteiger partial charge in [0.1, 0.15) is 6.29 Å². The number of thioether (sulfide) groups is 1. The molecule has 2 aliphatic carbocycles. The lowest BCUT2D eigenvalue weighted by atomic mass is 9.64. The lowest BCUT2D eigenvalue weighted by Gasteiger charge is -2.50. The van der Waals surface area contributed by atoms with E-state index in [1.54, 1.807) is 6.08 Å². The molecule has 5 heteroatoms. The number of allylic oxidation sites excluding steroid dienone is 3. The van der Waals surface area contributed by atoms with Crippen LogP contribution in [0.4, 0.5) is 0 Å². The Labute approximate surface area is 216 Å². The van der Waals surface area contributed by atoms with Gasteiger partial charge in [0.2, 0.25) is 0 Å². The summed E-state index contributed by atoms with van der Waals surface area (Å²) in [5, 5.41) is 14.1. The molecule has 0 heterocycles. The lowest BCUT2D eigenvalue weighted by molar-refractivity contribution is -0.146. The van der Waals surface area contributed by atoms with E-state index in [0.717, 1.165) is 41.4 Å². The van der Waals surface area contributed by atoms with Gasteiger partial charge in [0.25, 0.3) is 0 Å². The van der Waals surface area contributed by atoms with Crippen molar-refractivity contribution in [2.75, 3.05) is 0 Å². The highest BCUT2D eigenvalue weighted by molar-refractivity contribution is 8.02. The van der Waals surface area contributed by atoms with Gasteiger partial charge in [-0.15, -0.1) is 11.8 Å². The Morgan fingerprint density at radius 2 is 1.86 bits per heavy atom. The number of carboxylic acid groups (broad SMARTS) is 1. The molecular formula is C31H31NO3S. The van der Waals surface area contributed by atoms with Crippen LogP contribution < -0.4 is 5.73 Å². The summed E-state index contributed by atoms with van der Waals surface area (Å²) in [4.78, 5) is 23.7. The molecule has 3 atom stereocenters. The van der Waals surface area contributed by atoms with Gasteiger partial charge in [-0.1, -0.05) is 72.3 Å². The zero-order valence-electron chi connectivity index (χ0n) is 20.4. The van der Waals surface area contributed by atoms with E-state index in [0.29, 0.717) is 18.8 Å². The number of nitrogens with two attached hydrogens (primary N) is 1. The minimum absolute atomic E-state index is 0.277. The predicted molar refractivity (Wildman–Crippen MR) is 147 cm³/mol. The summed E-state index contributed by atoms with van der Waals surface area (Å²) in [6, 6.07) is 22.6. The number of hydrogen-bond acceptors (Lipinski definition) is 4. The van der Waals surface area contributed by atoms with Gasteiger partial charge in [-0.25, -0.2) is 0 Å². The number of aldehydes is 1. The zero-order chi connectivity index (χ0) is 25.3. The molecule has 5 rings (SSSR count). The Bertz CT molecular complexity index is 1370. The van der Waals surface area contributed by atoms with Crippen molar-refractivity contribution in [3.8, 4) is 0 Å². The molecule has 0 saturated heterocycles. The van der Waals surface area contributed by atoms with Crippen LogP contribution in [-0.4, -0.2) is 22.6 Å². The van der Waals surface area contributed by atoms with Crippen molar-refractivity contribution in [1.29, 1.82) is 0 Å². The molecule has 3 aromatic rings. The van der Waals surface area contributed by atoms with Crippen molar-refractivity contribution in [2.24, 2.45) is 17.6 Å². The van der Waals surface area contributed by atoms with Crippen molar-refractivity contribution >= 4 is 34.8 Å². The second-order valence-electron chi connectivity index (χ2n) is 10.1. The maximum Gasteiger partial charge on any atom is 0.307 e. The average Bonchev–Trinajstić information content (AvgIpc) is 3.70. The number of carbonyl (C=O) groups is 2. The predicted octanol–water partition coefficient (Wildman–Crippen LogP) is 6.17. The largest absolute Gasteiger partial charge is 0.481 e. The van der Waals surface area contributed by atoms with Gasteiger partial charge >= 0.3 is 5.97 Å². The Hall–Kier alpha value is -3.15. The molecule has 0 radical (unpaired) electrons. The van der Waals surface area contributed by atoms with Crippen LogP contribution in [0.2, 0.25) is 0 Å². The Morgan fingerprint density at radius 1 is 1.11 bits per heavy atom. The van der Waals surface area contributed by atoms with E-state index in [-0.39, 0.29) is 5.25 Å². The van der Waals surface area contributed by atoms with Crippen LogP contribution in [0.15, 0.2) is 89.4 Å². The van der Waals surface area contributed by atoms with Gasteiger partial charge in [-0.2, -0.15) is 0 Å². The first-order chi connectivity index (χ1) is 17.4. The van der Waals surface area contributed by atoms with Crippen molar-refractivity contribution in [3.05, 3.63) is 106 Å². The fraction of sp³-hybridized carbons (Fsp3) is 0.290. The summed E-state index contributed by atoms with van der Waals surface area (Å²) in [6.45, 7) is 2.03. The zero-order valence-corrected chi connectivity index (χ0v) is 21.2. The summed E-state index contributed by atoms with van der Waals surface area (Å²) in [6.07, 6.45) is 5.78. The lowest BCUT2D eigenvalue weighted by Crippen LogP contribution is -2.62. The summed E-state index contributed by atoms with van der Waals surface area (Å²) < 4.78 is 0. The van der Waals surface area contributed by atoms with Crippen LogP contribution in [0, 0.1) is 18.8 Å². The van der Waals surface area contributed by atoms with Crippen LogP contribution in [0.5, 0.6) is 0 Å². The summed E-state index contributed by atoms with van der Waals surface area (Å²) in [7, 11) is 0. The van der Waals surface area contributed by atoms with Crippen LogP contribution >= 0.6 is 11.8 Å². The van der Waals surface area contributed by atoms with Gasteiger partial charge in [-0.05, 0) is 83.1 Å². The van der Waals surface area contributed by atoms with Crippen molar-refractivity contribution in [1.82, 2.24) is 0 Å². The number of fused-ring (bicyclic) bond motifs is 1. The number of carboxylic acids is 1. The van der Waals surface area contributed by atoms with Crippen molar-refractivity contribution in [3.63, 3.8) is 0 Å². The molecule has 3 aromatic carbocycles. The minimum atomic E-state index is -0.804. The van der Waals surface area contributed by atoms with E-state index < -0.39 is 17.4 Å². The molecule has 36 heavy (non-hydrogen) atoms. The average molecular weight is 498 g/mol. The standard InChI is InChI=1S/C31H31NO3S/c1-20-6-4-10-25(16-20)31(32)18-27(30(34)35)29(31)36-19-28(22-12-13-22)24(14-15-33)17-23-9-5-8-21-7-2-3-11-26(21)23/h2-11,14-16,19,22,27,29H,12-13,17-18,32H2,1H3,(H,34,35)/b24-14-,28-19+/t27?,29?,31-/m1/s1. The van der Waals surface area contributed by atoms with Crippen molar-refractivity contribution in [2.45, 2.75) is 43.4 Å². The number of carbonyl (C=O) groups excluding carboxylic acids is 1. The second kappa shape index (κ2) is 10.1. The third-order valence-corrected chi connectivity index (χ3v) is 9.00. The minimum Gasteiger partial charge on any atom is -0.481 e. The van der Waals surface area contributed by atoms with Crippen LogP contribution in [0.1, 0.15) is 36.0 Å².